The number of carbonyl (C=O) groups excluding carboxylic acids is 2. The highest BCUT2D eigenvalue weighted by Crippen LogP contribution is 2.20. The highest BCUT2D eigenvalue weighted by atomic mass is 16.2. The van der Waals surface area contributed by atoms with Gasteiger partial charge in [-0.2, -0.15) is 5.26 Å². The smallest absolute Gasteiger partial charge is 0.319 e. The number of urea groups is 1. The van der Waals surface area contributed by atoms with Gasteiger partial charge in [0, 0.05) is 36.6 Å². The standard InChI is InChI=1S/C26H25N5O2/c1-31-12-11-20-7-8-21(14-22(20)17-31)25(32)29-24-4-2-3-19(13-24)16-28-26(33)30-23-9-5-18(15-27)6-10-23/h2-10,13-14H,11-12,16-17H2,1H3,(H,29,32)(H2,28,30,33). The number of nitrogens with zero attached hydrogens (tertiary/aromatic N) is 2. The topological polar surface area (TPSA) is 97.3 Å². The maximum atomic E-state index is 12.8. The second kappa shape index (κ2) is 9.98. The van der Waals surface area contributed by atoms with Crippen LogP contribution in [0.4, 0.5) is 16.2 Å². The molecule has 7 nitrogen and oxygen atoms in total. The van der Waals surface area contributed by atoms with Crippen molar-refractivity contribution >= 4 is 23.3 Å². The quantitative estimate of drug-likeness (QED) is 0.557. The molecule has 0 spiro atoms. The van der Waals surface area contributed by atoms with Gasteiger partial charge in [-0.15, -0.1) is 0 Å². The molecule has 3 aromatic carbocycles. The van der Waals surface area contributed by atoms with Gasteiger partial charge in [0.15, 0.2) is 0 Å². The van der Waals surface area contributed by atoms with Crippen molar-refractivity contribution in [2.75, 3.05) is 24.2 Å². The molecule has 0 unspecified atom stereocenters. The first kappa shape index (κ1) is 22.1. The molecule has 0 aliphatic carbocycles. The average Bonchev–Trinajstić information content (AvgIpc) is 2.83. The molecule has 0 fully saturated rings. The lowest BCUT2D eigenvalue weighted by atomic mass is 9.97. The van der Waals surface area contributed by atoms with Crippen LogP contribution in [0.1, 0.15) is 32.6 Å². The summed E-state index contributed by atoms with van der Waals surface area (Å²) in [4.78, 5) is 27.2. The lowest BCUT2D eigenvalue weighted by molar-refractivity contribution is 0.102. The fourth-order valence-electron chi connectivity index (χ4n) is 3.79. The van der Waals surface area contributed by atoms with Crippen molar-refractivity contribution in [3.05, 3.63) is 94.5 Å². The van der Waals surface area contributed by atoms with E-state index in [4.69, 9.17) is 5.26 Å². The molecule has 0 saturated heterocycles. The maximum Gasteiger partial charge on any atom is 0.319 e. The summed E-state index contributed by atoms with van der Waals surface area (Å²) in [5.74, 6) is -0.158. The van der Waals surface area contributed by atoms with Crippen LogP contribution >= 0.6 is 0 Å². The predicted molar refractivity (Wildman–Crippen MR) is 128 cm³/mol. The molecule has 1 aliphatic heterocycles. The Labute approximate surface area is 193 Å². The van der Waals surface area contributed by atoms with E-state index in [1.165, 1.54) is 11.1 Å². The maximum absolute atomic E-state index is 12.8. The first-order valence-electron chi connectivity index (χ1n) is 10.8. The van der Waals surface area contributed by atoms with E-state index in [-0.39, 0.29) is 11.9 Å². The molecule has 3 N–H and O–H groups in total. The van der Waals surface area contributed by atoms with E-state index in [1.54, 1.807) is 24.3 Å². The van der Waals surface area contributed by atoms with Crippen LogP contribution in [-0.4, -0.2) is 30.4 Å². The molecule has 0 saturated carbocycles. The summed E-state index contributed by atoms with van der Waals surface area (Å²) in [7, 11) is 2.08. The molecule has 0 bridgehead atoms. The Kier molecular flexibility index (Phi) is 6.67. The number of likely N-dealkylation sites (N-methyl/N-ethyl adjacent to an activating group) is 1. The van der Waals surface area contributed by atoms with E-state index >= 15 is 0 Å². The lowest BCUT2D eigenvalue weighted by Crippen LogP contribution is -2.28. The SMILES string of the molecule is CN1CCc2ccc(C(=O)Nc3cccc(CNC(=O)Nc4ccc(C#N)cc4)c3)cc2C1. The van der Waals surface area contributed by atoms with Gasteiger partial charge in [0.05, 0.1) is 11.6 Å². The van der Waals surface area contributed by atoms with E-state index < -0.39 is 0 Å². The Morgan fingerprint density at radius 2 is 1.79 bits per heavy atom. The van der Waals surface area contributed by atoms with Gasteiger partial charge in [0.2, 0.25) is 0 Å². The largest absolute Gasteiger partial charge is 0.334 e. The summed E-state index contributed by atoms with van der Waals surface area (Å²) in [5, 5.41) is 17.3. The molecule has 0 atom stereocenters. The molecule has 4 rings (SSSR count). The fraction of sp³-hybridized carbons (Fsp3) is 0.192. The normalized spacial score (nSPS) is 12.8. The third kappa shape index (κ3) is 5.76. The van der Waals surface area contributed by atoms with Crippen LogP contribution in [0.25, 0.3) is 0 Å². The van der Waals surface area contributed by atoms with Crippen LogP contribution < -0.4 is 16.0 Å². The third-order valence-electron chi connectivity index (χ3n) is 5.58. The van der Waals surface area contributed by atoms with Gasteiger partial charge >= 0.3 is 6.03 Å². The first-order valence-corrected chi connectivity index (χ1v) is 10.8. The number of hydrogen-bond donors (Lipinski definition) is 3. The van der Waals surface area contributed by atoms with Crippen molar-refractivity contribution in [3.63, 3.8) is 0 Å². The second-order valence-electron chi connectivity index (χ2n) is 8.12. The lowest BCUT2D eigenvalue weighted by Gasteiger charge is -2.25. The van der Waals surface area contributed by atoms with Crippen molar-refractivity contribution in [1.82, 2.24) is 10.2 Å². The van der Waals surface area contributed by atoms with Gasteiger partial charge < -0.3 is 20.9 Å². The number of fused-ring (bicyclic) bond motifs is 1. The average molecular weight is 440 g/mol. The Hall–Kier alpha value is -4.15. The molecular formula is C26H25N5O2. The number of carbonyl (C=O) groups is 2. The monoisotopic (exact) mass is 439 g/mol. The number of nitriles is 1. The van der Waals surface area contributed by atoms with Crippen LogP contribution in [0.2, 0.25) is 0 Å². The van der Waals surface area contributed by atoms with Crippen molar-refractivity contribution in [3.8, 4) is 6.07 Å². The van der Waals surface area contributed by atoms with Gasteiger partial charge in [-0.3, -0.25) is 4.79 Å². The molecule has 3 amide bonds. The van der Waals surface area contributed by atoms with E-state index in [0.717, 1.165) is 25.1 Å². The third-order valence-corrected chi connectivity index (χ3v) is 5.58. The van der Waals surface area contributed by atoms with Gasteiger partial charge in [-0.25, -0.2) is 4.79 Å². The van der Waals surface area contributed by atoms with Crippen LogP contribution in [0.5, 0.6) is 0 Å². The van der Waals surface area contributed by atoms with E-state index in [1.807, 2.05) is 48.5 Å². The summed E-state index contributed by atoms with van der Waals surface area (Å²) >= 11 is 0. The van der Waals surface area contributed by atoms with Crippen LogP contribution in [0, 0.1) is 11.3 Å². The summed E-state index contributed by atoms with van der Waals surface area (Å²) in [5.41, 5.74) is 5.79. The zero-order chi connectivity index (χ0) is 23.2. The van der Waals surface area contributed by atoms with Crippen molar-refractivity contribution in [1.29, 1.82) is 5.26 Å². The highest BCUT2D eigenvalue weighted by Gasteiger charge is 2.15. The minimum absolute atomic E-state index is 0.158. The molecule has 7 heteroatoms. The predicted octanol–water partition coefficient (Wildman–Crippen LogP) is 4.12. The van der Waals surface area contributed by atoms with Crippen LogP contribution in [0.15, 0.2) is 66.7 Å². The van der Waals surface area contributed by atoms with Crippen molar-refractivity contribution in [2.45, 2.75) is 19.5 Å². The van der Waals surface area contributed by atoms with E-state index in [9.17, 15) is 9.59 Å². The molecule has 0 aromatic heterocycles. The number of nitrogens with one attached hydrogen (secondary N) is 3. The molecule has 166 valence electrons. The number of amides is 3. The Bertz CT molecular complexity index is 1210. The summed E-state index contributed by atoms with van der Waals surface area (Å²) in [6, 6.07) is 21.6. The Morgan fingerprint density at radius 1 is 0.970 bits per heavy atom. The molecule has 33 heavy (non-hydrogen) atoms. The number of anilines is 2. The number of benzene rings is 3. The van der Waals surface area contributed by atoms with Crippen molar-refractivity contribution < 1.29 is 9.59 Å². The fourth-order valence-corrected chi connectivity index (χ4v) is 3.79. The summed E-state index contributed by atoms with van der Waals surface area (Å²) in [6.45, 7) is 2.18. The molecule has 1 heterocycles. The molecule has 3 aromatic rings. The number of hydrogen-bond acceptors (Lipinski definition) is 4. The van der Waals surface area contributed by atoms with Crippen LogP contribution in [-0.2, 0) is 19.5 Å². The molecule has 1 aliphatic rings. The highest BCUT2D eigenvalue weighted by molar-refractivity contribution is 6.04. The van der Waals surface area contributed by atoms with Gasteiger partial charge in [0.1, 0.15) is 0 Å². The Morgan fingerprint density at radius 3 is 2.58 bits per heavy atom. The number of rotatable bonds is 5. The van der Waals surface area contributed by atoms with Crippen molar-refractivity contribution in [2.24, 2.45) is 0 Å². The first-order chi connectivity index (χ1) is 16.0. The minimum Gasteiger partial charge on any atom is -0.334 e. The van der Waals surface area contributed by atoms with E-state index in [2.05, 4.69) is 27.9 Å². The van der Waals surface area contributed by atoms with Gasteiger partial charge in [-0.1, -0.05) is 18.2 Å². The zero-order valence-corrected chi connectivity index (χ0v) is 18.4. The van der Waals surface area contributed by atoms with Gasteiger partial charge in [0.25, 0.3) is 5.91 Å². The van der Waals surface area contributed by atoms with Crippen LogP contribution in [0.3, 0.4) is 0 Å². The second-order valence-corrected chi connectivity index (χ2v) is 8.12. The molecule has 0 radical (unpaired) electrons. The summed E-state index contributed by atoms with van der Waals surface area (Å²) in [6.07, 6.45) is 1.00. The summed E-state index contributed by atoms with van der Waals surface area (Å²) < 4.78 is 0. The molecular weight excluding hydrogens is 414 g/mol. The minimum atomic E-state index is -0.354. The van der Waals surface area contributed by atoms with Gasteiger partial charge in [-0.05, 0) is 78.7 Å². The Balaban J connectivity index is 1.34. The zero-order valence-electron chi connectivity index (χ0n) is 18.4. The van der Waals surface area contributed by atoms with E-state index in [0.29, 0.717) is 29.0 Å².